The Labute approximate surface area is 95.2 Å². The summed E-state index contributed by atoms with van der Waals surface area (Å²) in [5, 5.41) is 3.23. The van der Waals surface area contributed by atoms with E-state index in [-0.39, 0.29) is 0 Å². The molecule has 4 nitrogen and oxygen atoms in total. The van der Waals surface area contributed by atoms with Gasteiger partial charge in [-0.05, 0) is 28.1 Å². The van der Waals surface area contributed by atoms with Crippen LogP contribution in [0.1, 0.15) is 5.69 Å². The highest BCUT2D eigenvalue weighted by atomic mass is 79.9. The first-order valence-corrected chi connectivity index (χ1v) is 5.55. The molecular weight excluding hydrogens is 256 g/mol. The molecule has 2 aromatic heterocycles. The summed E-state index contributed by atoms with van der Waals surface area (Å²) in [6.07, 6.45) is 3.79. The van der Waals surface area contributed by atoms with Gasteiger partial charge in [-0.15, -0.1) is 0 Å². The molecule has 0 fully saturated rings. The van der Waals surface area contributed by atoms with Gasteiger partial charge in [0, 0.05) is 17.2 Å². The van der Waals surface area contributed by atoms with E-state index in [1.165, 1.54) is 0 Å². The van der Waals surface area contributed by atoms with Gasteiger partial charge in [-0.2, -0.15) is 0 Å². The lowest BCUT2D eigenvalue weighted by atomic mass is 10.3. The maximum Gasteiger partial charge on any atom is 0.149 e. The second-order valence-corrected chi connectivity index (χ2v) is 4.31. The van der Waals surface area contributed by atoms with Crippen LogP contribution in [-0.2, 0) is 0 Å². The number of amidine groups is 1. The Morgan fingerprint density at radius 2 is 2.33 bits per heavy atom. The molecule has 5 heteroatoms. The molecule has 15 heavy (non-hydrogen) atoms. The number of imidazole rings is 1. The summed E-state index contributed by atoms with van der Waals surface area (Å²) < 4.78 is 3.03. The quantitative estimate of drug-likeness (QED) is 0.847. The van der Waals surface area contributed by atoms with E-state index in [2.05, 4.69) is 31.2 Å². The molecule has 0 aliphatic carbocycles. The van der Waals surface area contributed by atoms with Gasteiger partial charge in [-0.25, -0.2) is 4.98 Å². The SMILES string of the molecule is Brc1ccc2c(C3=NCCN3)ncn2c1. The van der Waals surface area contributed by atoms with Gasteiger partial charge in [-0.1, -0.05) is 0 Å². The molecular formula is C10H9BrN4. The predicted octanol–water partition coefficient (Wildman–Crippen LogP) is 1.45. The van der Waals surface area contributed by atoms with Crippen LogP contribution < -0.4 is 5.32 Å². The Hall–Kier alpha value is -1.36. The molecule has 3 heterocycles. The fourth-order valence-electron chi connectivity index (χ4n) is 1.71. The summed E-state index contributed by atoms with van der Waals surface area (Å²) in [6.45, 7) is 1.75. The van der Waals surface area contributed by atoms with Crippen molar-refractivity contribution in [3.63, 3.8) is 0 Å². The van der Waals surface area contributed by atoms with Gasteiger partial charge in [0.25, 0.3) is 0 Å². The minimum Gasteiger partial charge on any atom is -0.367 e. The third kappa shape index (κ3) is 1.43. The summed E-state index contributed by atoms with van der Waals surface area (Å²) in [5.74, 6) is 0.903. The molecule has 0 spiro atoms. The average Bonchev–Trinajstić information content (AvgIpc) is 2.82. The summed E-state index contributed by atoms with van der Waals surface area (Å²) in [5.41, 5.74) is 2.01. The van der Waals surface area contributed by atoms with Crippen molar-refractivity contribution in [1.82, 2.24) is 14.7 Å². The lowest BCUT2D eigenvalue weighted by molar-refractivity contribution is 0.959. The molecule has 1 N–H and O–H groups in total. The number of hydrogen-bond donors (Lipinski definition) is 1. The van der Waals surface area contributed by atoms with Gasteiger partial charge in [0.1, 0.15) is 17.9 Å². The van der Waals surface area contributed by atoms with Crippen molar-refractivity contribution in [3.8, 4) is 0 Å². The lowest BCUT2D eigenvalue weighted by Gasteiger charge is -1.99. The predicted molar refractivity (Wildman–Crippen MR) is 62.3 cm³/mol. The maximum atomic E-state index is 4.37. The van der Waals surface area contributed by atoms with E-state index in [0.29, 0.717) is 0 Å². The number of halogens is 1. The molecule has 0 saturated carbocycles. The van der Waals surface area contributed by atoms with Gasteiger partial charge in [0.05, 0.1) is 12.1 Å². The van der Waals surface area contributed by atoms with Crippen LogP contribution in [0.2, 0.25) is 0 Å². The highest BCUT2D eigenvalue weighted by Crippen LogP contribution is 2.15. The van der Waals surface area contributed by atoms with Crippen LogP contribution in [0, 0.1) is 0 Å². The Kier molecular flexibility index (Phi) is 1.98. The first kappa shape index (κ1) is 8.91. The molecule has 0 saturated heterocycles. The van der Waals surface area contributed by atoms with Crippen LogP contribution in [-0.4, -0.2) is 28.3 Å². The highest BCUT2D eigenvalue weighted by molar-refractivity contribution is 9.10. The van der Waals surface area contributed by atoms with E-state index in [1.54, 1.807) is 6.33 Å². The number of fused-ring (bicyclic) bond motifs is 1. The number of nitrogens with zero attached hydrogens (tertiary/aromatic N) is 3. The maximum absolute atomic E-state index is 4.37. The molecule has 76 valence electrons. The van der Waals surface area contributed by atoms with Gasteiger partial charge in [0.2, 0.25) is 0 Å². The fourth-order valence-corrected chi connectivity index (χ4v) is 2.06. The van der Waals surface area contributed by atoms with Gasteiger partial charge in [-0.3, -0.25) is 4.99 Å². The second kappa shape index (κ2) is 3.34. The number of rotatable bonds is 1. The Bertz CT molecular complexity index is 543. The van der Waals surface area contributed by atoms with Crippen molar-refractivity contribution in [2.45, 2.75) is 0 Å². The molecule has 0 amide bonds. The topological polar surface area (TPSA) is 41.7 Å². The lowest BCUT2D eigenvalue weighted by Crippen LogP contribution is -2.20. The van der Waals surface area contributed by atoms with Gasteiger partial charge in [0.15, 0.2) is 0 Å². The van der Waals surface area contributed by atoms with Crippen molar-refractivity contribution in [2.75, 3.05) is 13.1 Å². The minimum absolute atomic E-state index is 0.838. The Balaban J connectivity index is 2.19. The summed E-state index contributed by atoms with van der Waals surface area (Å²) >= 11 is 3.43. The van der Waals surface area contributed by atoms with E-state index in [1.807, 2.05) is 22.7 Å². The zero-order valence-corrected chi connectivity index (χ0v) is 9.53. The minimum atomic E-state index is 0.838. The zero-order chi connectivity index (χ0) is 10.3. The van der Waals surface area contributed by atoms with E-state index < -0.39 is 0 Å². The monoisotopic (exact) mass is 264 g/mol. The smallest absolute Gasteiger partial charge is 0.149 e. The number of nitrogens with one attached hydrogen (secondary N) is 1. The molecule has 1 aliphatic heterocycles. The molecule has 2 aromatic rings. The molecule has 1 aliphatic rings. The summed E-state index contributed by atoms with van der Waals surface area (Å²) in [6, 6.07) is 4.05. The third-order valence-corrected chi connectivity index (χ3v) is 2.86. The van der Waals surface area contributed by atoms with Crippen molar-refractivity contribution in [2.24, 2.45) is 4.99 Å². The van der Waals surface area contributed by atoms with Crippen LogP contribution in [0.5, 0.6) is 0 Å². The van der Waals surface area contributed by atoms with E-state index >= 15 is 0 Å². The van der Waals surface area contributed by atoms with Crippen molar-refractivity contribution < 1.29 is 0 Å². The summed E-state index contributed by atoms with van der Waals surface area (Å²) in [7, 11) is 0. The second-order valence-electron chi connectivity index (χ2n) is 3.39. The largest absolute Gasteiger partial charge is 0.367 e. The molecule has 0 aromatic carbocycles. The van der Waals surface area contributed by atoms with Crippen molar-refractivity contribution >= 4 is 27.3 Å². The normalized spacial score (nSPS) is 15.4. The van der Waals surface area contributed by atoms with Gasteiger partial charge >= 0.3 is 0 Å². The number of aromatic nitrogens is 2. The van der Waals surface area contributed by atoms with Gasteiger partial charge < -0.3 is 9.72 Å². The van der Waals surface area contributed by atoms with E-state index in [4.69, 9.17) is 0 Å². The number of pyridine rings is 1. The molecule has 3 rings (SSSR count). The highest BCUT2D eigenvalue weighted by Gasteiger charge is 2.13. The molecule has 0 unspecified atom stereocenters. The third-order valence-electron chi connectivity index (χ3n) is 2.39. The van der Waals surface area contributed by atoms with Crippen LogP contribution in [0.3, 0.4) is 0 Å². The van der Waals surface area contributed by atoms with Crippen LogP contribution in [0.25, 0.3) is 5.52 Å². The van der Waals surface area contributed by atoms with E-state index in [9.17, 15) is 0 Å². The zero-order valence-electron chi connectivity index (χ0n) is 7.94. The van der Waals surface area contributed by atoms with Crippen molar-refractivity contribution in [3.05, 3.63) is 34.8 Å². The first-order chi connectivity index (χ1) is 7.34. The molecule has 0 bridgehead atoms. The Morgan fingerprint density at radius 3 is 3.13 bits per heavy atom. The number of hydrogen-bond acceptors (Lipinski definition) is 3. The summed E-state index contributed by atoms with van der Waals surface area (Å²) in [4.78, 5) is 8.74. The Morgan fingerprint density at radius 1 is 1.40 bits per heavy atom. The molecule has 0 radical (unpaired) electrons. The standard InChI is InChI=1S/C10H9BrN4/c11-7-1-2-8-9(10-12-3-4-13-10)14-6-15(8)5-7/h1-2,5-6H,3-4H2,(H,12,13). The fraction of sp³-hybridized carbons (Fsp3) is 0.200. The van der Waals surface area contributed by atoms with Crippen LogP contribution in [0.15, 0.2) is 34.1 Å². The van der Waals surface area contributed by atoms with Crippen molar-refractivity contribution in [1.29, 1.82) is 0 Å². The van der Waals surface area contributed by atoms with E-state index in [0.717, 1.165) is 34.6 Å². The van der Waals surface area contributed by atoms with Crippen LogP contribution >= 0.6 is 15.9 Å². The van der Waals surface area contributed by atoms with Crippen LogP contribution in [0.4, 0.5) is 0 Å². The molecule has 0 atom stereocenters. The number of aliphatic imine (C=N–C) groups is 1. The first-order valence-electron chi connectivity index (χ1n) is 4.75. The average molecular weight is 265 g/mol.